The summed E-state index contributed by atoms with van der Waals surface area (Å²) in [5.41, 5.74) is 1.65. The number of carbonyl (C=O) groups is 1. The zero-order chi connectivity index (χ0) is 20.3. The molecule has 2 aliphatic rings. The zero-order valence-corrected chi connectivity index (χ0v) is 17.5. The Kier molecular flexibility index (Phi) is 5.74. The van der Waals surface area contributed by atoms with E-state index >= 15 is 0 Å². The van der Waals surface area contributed by atoms with Gasteiger partial charge in [0.25, 0.3) is 5.91 Å². The molecule has 0 bridgehead atoms. The lowest BCUT2D eigenvalue weighted by Crippen LogP contribution is -2.45. The van der Waals surface area contributed by atoms with Crippen molar-refractivity contribution in [3.05, 3.63) is 65.7 Å². The first-order valence-electron chi connectivity index (χ1n) is 10.5. The summed E-state index contributed by atoms with van der Waals surface area (Å²) in [4.78, 5) is 13.0. The maximum Gasteiger partial charge on any atom is 0.251 e. The van der Waals surface area contributed by atoms with E-state index in [1.165, 1.54) is 15.9 Å². The van der Waals surface area contributed by atoms with Crippen molar-refractivity contribution in [2.45, 2.75) is 48.8 Å². The van der Waals surface area contributed by atoms with Crippen molar-refractivity contribution in [3.8, 4) is 0 Å². The molecule has 0 spiro atoms. The van der Waals surface area contributed by atoms with E-state index in [0.717, 1.165) is 38.5 Å². The maximum atomic E-state index is 12.9. The number of hydrogen-bond acceptors (Lipinski definition) is 3. The Labute approximate surface area is 173 Å². The van der Waals surface area contributed by atoms with Crippen LogP contribution in [0.25, 0.3) is 0 Å². The third kappa shape index (κ3) is 4.09. The fraction of sp³-hybridized carbons (Fsp3) is 0.435. The molecule has 2 fully saturated rings. The van der Waals surface area contributed by atoms with E-state index in [-0.39, 0.29) is 16.2 Å². The van der Waals surface area contributed by atoms with Crippen LogP contribution in [0.2, 0.25) is 0 Å². The van der Waals surface area contributed by atoms with Crippen LogP contribution in [0.15, 0.2) is 59.5 Å². The van der Waals surface area contributed by atoms with Crippen LogP contribution in [-0.2, 0) is 15.4 Å². The van der Waals surface area contributed by atoms with E-state index < -0.39 is 10.0 Å². The third-order valence-electron chi connectivity index (χ3n) is 6.33. The molecule has 1 amide bonds. The predicted molar refractivity (Wildman–Crippen MR) is 113 cm³/mol. The highest BCUT2D eigenvalue weighted by molar-refractivity contribution is 7.89. The maximum absolute atomic E-state index is 12.9. The van der Waals surface area contributed by atoms with Crippen LogP contribution in [0.5, 0.6) is 0 Å². The third-order valence-corrected chi connectivity index (χ3v) is 8.23. The Morgan fingerprint density at radius 3 is 2.31 bits per heavy atom. The van der Waals surface area contributed by atoms with Gasteiger partial charge in [-0.15, -0.1) is 0 Å². The number of nitrogens with one attached hydrogen (secondary N) is 1. The van der Waals surface area contributed by atoms with Crippen molar-refractivity contribution in [1.82, 2.24) is 9.62 Å². The highest BCUT2D eigenvalue weighted by Gasteiger charge is 2.38. The monoisotopic (exact) mass is 412 g/mol. The minimum atomic E-state index is -3.54. The van der Waals surface area contributed by atoms with Crippen LogP contribution in [0.4, 0.5) is 0 Å². The smallest absolute Gasteiger partial charge is 0.251 e. The van der Waals surface area contributed by atoms with Crippen molar-refractivity contribution in [3.63, 3.8) is 0 Å². The second-order valence-electron chi connectivity index (χ2n) is 8.18. The molecule has 29 heavy (non-hydrogen) atoms. The molecule has 5 nitrogen and oxygen atoms in total. The van der Waals surface area contributed by atoms with E-state index in [2.05, 4.69) is 17.4 Å². The molecule has 6 heteroatoms. The van der Waals surface area contributed by atoms with Crippen LogP contribution in [0, 0.1) is 0 Å². The van der Waals surface area contributed by atoms with E-state index in [1.54, 1.807) is 18.2 Å². The van der Waals surface area contributed by atoms with E-state index in [1.807, 2.05) is 18.2 Å². The van der Waals surface area contributed by atoms with Crippen LogP contribution < -0.4 is 5.32 Å². The summed E-state index contributed by atoms with van der Waals surface area (Å²) < 4.78 is 27.4. The van der Waals surface area contributed by atoms with Gasteiger partial charge in [-0.05, 0) is 49.4 Å². The Morgan fingerprint density at radius 1 is 0.931 bits per heavy atom. The number of carbonyl (C=O) groups excluding carboxylic acids is 1. The minimum absolute atomic E-state index is 0.00555. The first-order valence-corrected chi connectivity index (χ1v) is 11.9. The van der Waals surface area contributed by atoms with Gasteiger partial charge in [0.15, 0.2) is 0 Å². The second kappa shape index (κ2) is 8.28. The molecule has 154 valence electrons. The van der Waals surface area contributed by atoms with Gasteiger partial charge in [0, 0.05) is 30.6 Å². The van der Waals surface area contributed by atoms with Crippen molar-refractivity contribution in [2.24, 2.45) is 0 Å². The Bertz CT molecular complexity index is 963. The highest BCUT2D eigenvalue weighted by Crippen LogP contribution is 2.43. The van der Waals surface area contributed by atoms with E-state index in [0.29, 0.717) is 25.2 Å². The van der Waals surface area contributed by atoms with Crippen LogP contribution in [-0.4, -0.2) is 38.3 Å². The molecule has 0 radical (unpaired) electrons. The summed E-state index contributed by atoms with van der Waals surface area (Å²) >= 11 is 0. The van der Waals surface area contributed by atoms with Gasteiger partial charge in [-0.25, -0.2) is 8.42 Å². The average Bonchev–Trinajstić information content (AvgIpc) is 2.74. The number of hydrogen-bond donors (Lipinski definition) is 1. The molecule has 2 aromatic carbocycles. The average molecular weight is 413 g/mol. The number of rotatable bonds is 6. The van der Waals surface area contributed by atoms with Crippen LogP contribution in [0.3, 0.4) is 0 Å². The van der Waals surface area contributed by atoms with Crippen LogP contribution in [0.1, 0.15) is 54.4 Å². The Hall–Kier alpha value is -2.18. The lowest BCUT2D eigenvalue weighted by molar-refractivity contribution is 0.0927. The molecule has 1 saturated heterocycles. The largest absolute Gasteiger partial charge is 0.351 e. The van der Waals surface area contributed by atoms with Crippen molar-refractivity contribution in [2.75, 3.05) is 19.6 Å². The Morgan fingerprint density at radius 2 is 1.66 bits per heavy atom. The highest BCUT2D eigenvalue weighted by atomic mass is 32.2. The standard InChI is InChI=1S/C23H28N2O3S/c26-22(24-18-23(13-8-14-23)20-10-3-1-4-11-20)19-9-7-12-21(17-19)29(27,28)25-15-5-2-6-16-25/h1,3-4,7,9-12,17H,2,5-6,8,13-16,18H2,(H,24,26). The summed E-state index contributed by atoms with van der Waals surface area (Å²) in [6.07, 6.45) is 6.12. The summed E-state index contributed by atoms with van der Waals surface area (Å²) in [5.74, 6) is -0.220. The van der Waals surface area contributed by atoms with Gasteiger partial charge in [-0.2, -0.15) is 4.31 Å². The zero-order valence-electron chi connectivity index (χ0n) is 16.6. The van der Waals surface area contributed by atoms with Gasteiger partial charge in [-0.1, -0.05) is 49.2 Å². The van der Waals surface area contributed by atoms with Gasteiger partial charge >= 0.3 is 0 Å². The van der Waals surface area contributed by atoms with Crippen molar-refractivity contribution in [1.29, 1.82) is 0 Å². The Balaban J connectivity index is 1.48. The quantitative estimate of drug-likeness (QED) is 0.786. The summed E-state index contributed by atoms with van der Waals surface area (Å²) in [7, 11) is -3.54. The van der Waals surface area contributed by atoms with Crippen LogP contribution >= 0.6 is 0 Å². The van der Waals surface area contributed by atoms with Gasteiger partial charge in [-0.3, -0.25) is 4.79 Å². The summed E-state index contributed by atoms with van der Waals surface area (Å²) in [5, 5.41) is 3.05. The minimum Gasteiger partial charge on any atom is -0.351 e. The van der Waals surface area contributed by atoms with E-state index in [9.17, 15) is 13.2 Å². The topological polar surface area (TPSA) is 66.5 Å². The van der Waals surface area contributed by atoms with Gasteiger partial charge in [0.1, 0.15) is 0 Å². The molecule has 0 unspecified atom stereocenters. The predicted octanol–water partition coefficient (Wildman–Crippen LogP) is 3.71. The molecular formula is C23H28N2O3S. The molecule has 4 rings (SSSR count). The molecule has 1 aliphatic heterocycles. The fourth-order valence-corrected chi connectivity index (χ4v) is 5.93. The molecular weight excluding hydrogens is 384 g/mol. The molecule has 1 heterocycles. The summed E-state index contributed by atoms with van der Waals surface area (Å²) in [6, 6.07) is 16.7. The molecule has 2 aromatic rings. The normalized spacial score (nSPS) is 19.3. The molecule has 0 aromatic heterocycles. The molecule has 0 atom stereocenters. The number of nitrogens with zero attached hydrogens (tertiary/aromatic N) is 1. The summed E-state index contributed by atoms with van der Waals surface area (Å²) in [6.45, 7) is 1.68. The first kappa shape index (κ1) is 20.1. The van der Waals surface area contributed by atoms with E-state index in [4.69, 9.17) is 0 Å². The second-order valence-corrected chi connectivity index (χ2v) is 10.1. The SMILES string of the molecule is O=C(NCC1(c2ccccc2)CCC1)c1cccc(S(=O)(=O)N2CCCCC2)c1. The first-order chi connectivity index (χ1) is 14.0. The van der Waals surface area contributed by atoms with Gasteiger partial charge in [0.2, 0.25) is 10.0 Å². The van der Waals surface area contributed by atoms with Crippen molar-refractivity contribution < 1.29 is 13.2 Å². The molecule has 1 saturated carbocycles. The lowest BCUT2D eigenvalue weighted by Gasteiger charge is -2.42. The number of benzene rings is 2. The lowest BCUT2D eigenvalue weighted by atomic mass is 9.64. The number of sulfonamides is 1. The molecule has 1 aliphatic carbocycles. The number of amides is 1. The fourth-order valence-electron chi connectivity index (χ4n) is 4.37. The van der Waals surface area contributed by atoms with Gasteiger partial charge in [0.05, 0.1) is 4.90 Å². The van der Waals surface area contributed by atoms with Crippen molar-refractivity contribution >= 4 is 15.9 Å². The number of piperidine rings is 1. The molecule has 1 N–H and O–H groups in total. The van der Waals surface area contributed by atoms with Gasteiger partial charge < -0.3 is 5.32 Å².